The van der Waals surface area contributed by atoms with E-state index in [1.807, 2.05) is 97.9 Å². The molecule has 6 heteroatoms. The normalized spacial score (nSPS) is 14.6. The first-order valence-electron chi connectivity index (χ1n) is 13.2. The number of ether oxygens (including phenoxy) is 1. The summed E-state index contributed by atoms with van der Waals surface area (Å²) in [7, 11) is 0. The highest BCUT2D eigenvalue weighted by Crippen LogP contribution is 2.21. The highest BCUT2D eigenvalue weighted by Gasteiger charge is 2.30. The molecule has 4 atom stereocenters. The first-order valence-corrected chi connectivity index (χ1v) is 13.2. The lowest BCUT2D eigenvalue weighted by Crippen LogP contribution is -2.48. The number of aliphatic hydroxyl groups excluding tert-OH is 1. The lowest BCUT2D eigenvalue weighted by molar-refractivity contribution is -0.126. The molecular formula is C32H40N2O4. The summed E-state index contributed by atoms with van der Waals surface area (Å²) in [6.07, 6.45) is -0.527. The third-order valence-corrected chi connectivity index (χ3v) is 6.35. The van der Waals surface area contributed by atoms with Gasteiger partial charge in [-0.25, -0.2) is 4.79 Å². The maximum absolute atomic E-state index is 13.5. The first kappa shape index (κ1) is 28.9. The largest absolute Gasteiger partial charge is 0.444 e. The number of carbonyl (C=O) groups excluding carboxylic acids is 2. The Morgan fingerprint density at radius 1 is 0.789 bits per heavy atom. The van der Waals surface area contributed by atoms with Crippen molar-refractivity contribution in [1.82, 2.24) is 10.6 Å². The van der Waals surface area contributed by atoms with Gasteiger partial charge in [0.1, 0.15) is 5.60 Å². The number of nitrogens with one attached hydrogen (secondary N) is 2. The molecule has 38 heavy (non-hydrogen) atoms. The Balaban J connectivity index is 1.79. The Kier molecular flexibility index (Phi) is 10.5. The van der Waals surface area contributed by atoms with Crippen LogP contribution in [0.1, 0.15) is 56.8 Å². The maximum atomic E-state index is 13.5. The Morgan fingerprint density at radius 2 is 1.29 bits per heavy atom. The van der Waals surface area contributed by atoms with Gasteiger partial charge in [-0.15, -0.1) is 0 Å². The van der Waals surface area contributed by atoms with Crippen molar-refractivity contribution in [1.29, 1.82) is 0 Å². The molecule has 3 aromatic carbocycles. The van der Waals surface area contributed by atoms with E-state index in [4.69, 9.17) is 4.74 Å². The van der Waals surface area contributed by atoms with Gasteiger partial charge in [-0.3, -0.25) is 4.79 Å². The van der Waals surface area contributed by atoms with Gasteiger partial charge in [-0.1, -0.05) is 91.0 Å². The topological polar surface area (TPSA) is 87.7 Å². The van der Waals surface area contributed by atoms with E-state index in [-0.39, 0.29) is 18.4 Å². The predicted octanol–water partition coefficient (Wildman–Crippen LogP) is 5.61. The number of aliphatic hydroxyl groups is 1. The summed E-state index contributed by atoms with van der Waals surface area (Å²) in [5.41, 5.74) is 2.31. The van der Waals surface area contributed by atoms with Crippen LogP contribution in [0.3, 0.4) is 0 Å². The summed E-state index contributed by atoms with van der Waals surface area (Å²) in [5, 5.41) is 17.4. The molecule has 6 nitrogen and oxygen atoms in total. The number of amides is 2. The molecule has 0 aliphatic heterocycles. The van der Waals surface area contributed by atoms with Crippen LogP contribution < -0.4 is 10.6 Å². The maximum Gasteiger partial charge on any atom is 0.407 e. The zero-order chi connectivity index (χ0) is 27.5. The second-order valence-corrected chi connectivity index (χ2v) is 10.8. The van der Waals surface area contributed by atoms with Crippen molar-refractivity contribution in [2.45, 2.75) is 70.7 Å². The highest BCUT2D eigenvalue weighted by molar-refractivity contribution is 5.79. The van der Waals surface area contributed by atoms with Crippen LogP contribution in [0.15, 0.2) is 91.0 Å². The third kappa shape index (κ3) is 9.67. The van der Waals surface area contributed by atoms with Crippen LogP contribution in [0.2, 0.25) is 0 Å². The predicted molar refractivity (Wildman–Crippen MR) is 151 cm³/mol. The summed E-state index contributed by atoms with van der Waals surface area (Å²) in [4.78, 5) is 26.2. The molecule has 0 aromatic heterocycles. The average Bonchev–Trinajstić information content (AvgIpc) is 2.88. The number of benzene rings is 3. The van der Waals surface area contributed by atoms with E-state index in [0.29, 0.717) is 12.8 Å². The summed E-state index contributed by atoms with van der Waals surface area (Å²) < 4.78 is 5.47. The number of rotatable bonds is 11. The van der Waals surface area contributed by atoms with Crippen molar-refractivity contribution in [2.75, 3.05) is 0 Å². The van der Waals surface area contributed by atoms with Crippen LogP contribution in [0.5, 0.6) is 0 Å². The van der Waals surface area contributed by atoms with E-state index >= 15 is 0 Å². The fourth-order valence-corrected chi connectivity index (χ4v) is 4.40. The van der Waals surface area contributed by atoms with E-state index in [2.05, 4.69) is 10.6 Å². The van der Waals surface area contributed by atoms with E-state index in [0.717, 1.165) is 16.7 Å². The number of carbonyl (C=O) groups is 2. The summed E-state index contributed by atoms with van der Waals surface area (Å²) in [5.74, 6) is -0.641. The standard InChI is InChI=1S/C32H40N2O4/c1-23(26-18-12-7-13-19-26)33-30(36)27(20-24-14-8-5-9-15-24)22-29(35)28(21-25-16-10-6-11-17-25)34-31(37)38-32(2,3)4/h5-19,23,27-29,35H,20-22H2,1-4H3,(H,33,36)(H,34,37). The van der Waals surface area contributed by atoms with Crippen molar-refractivity contribution in [2.24, 2.45) is 5.92 Å². The van der Waals surface area contributed by atoms with Crippen molar-refractivity contribution in [3.05, 3.63) is 108 Å². The van der Waals surface area contributed by atoms with Gasteiger partial charge in [0.15, 0.2) is 0 Å². The molecule has 0 heterocycles. The Hall–Kier alpha value is -3.64. The van der Waals surface area contributed by atoms with Crippen LogP contribution in [0.4, 0.5) is 4.79 Å². The summed E-state index contributed by atoms with van der Waals surface area (Å²) in [6, 6.07) is 28.4. The van der Waals surface area contributed by atoms with Crippen LogP contribution in [0, 0.1) is 5.92 Å². The molecule has 3 rings (SSSR count). The van der Waals surface area contributed by atoms with Gasteiger partial charge >= 0.3 is 6.09 Å². The van der Waals surface area contributed by atoms with E-state index in [1.165, 1.54) is 0 Å². The average molecular weight is 517 g/mol. The van der Waals surface area contributed by atoms with Crippen LogP contribution in [-0.4, -0.2) is 34.9 Å². The van der Waals surface area contributed by atoms with E-state index in [1.54, 1.807) is 20.8 Å². The van der Waals surface area contributed by atoms with Crippen LogP contribution in [0.25, 0.3) is 0 Å². The van der Waals surface area contributed by atoms with Gasteiger partial charge in [-0.2, -0.15) is 0 Å². The third-order valence-electron chi connectivity index (χ3n) is 6.35. The molecule has 202 valence electrons. The van der Waals surface area contributed by atoms with Gasteiger partial charge < -0.3 is 20.5 Å². The molecule has 0 aliphatic rings. The van der Waals surface area contributed by atoms with E-state index in [9.17, 15) is 14.7 Å². The van der Waals surface area contributed by atoms with Crippen molar-refractivity contribution in [3.8, 4) is 0 Å². The summed E-state index contributed by atoms with van der Waals surface area (Å²) in [6.45, 7) is 7.33. The molecule has 2 amide bonds. The van der Waals surface area contributed by atoms with Crippen LogP contribution in [-0.2, 0) is 22.4 Å². The SMILES string of the molecule is CC(NC(=O)C(Cc1ccccc1)CC(O)C(Cc1ccccc1)NC(=O)OC(C)(C)C)c1ccccc1. The Labute approximate surface area is 226 Å². The quantitative estimate of drug-likeness (QED) is 0.309. The smallest absolute Gasteiger partial charge is 0.407 e. The highest BCUT2D eigenvalue weighted by atomic mass is 16.6. The lowest BCUT2D eigenvalue weighted by atomic mass is 9.88. The molecule has 0 bridgehead atoms. The van der Waals surface area contributed by atoms with Crippen molar-refractivity contribution in [3.63, 3.8) is 0 Å². The van der Waals surface area contributed by atoms with Gasteiger partial charge in [0.25, 0.3) is 0 Å². The molecule has 3 N–H and O–H groups in total. The fraction of sp³-hybridized carbons (Fsp3) is 0.375. The molecule has 0 saturated carbocycles. The van der Waals surface area contributed by atoms with Gasteiger partial charge in [0.05, 0.1) is 18.2 Å². The molecule has 4 unspecified atom stereocenters. The molecule has 0 fully saturated rings. The van der Waals surface area contributed by atoms with E-state index < -0.39 is 29.8 Å². The van der Waals surface area contributed by atoms with Crippen molar-refractivity contribution < 1.29 is 19.4 Å². The number of alkyl carbamates (subject to hydrolysis) is 1. The molecular weight excluding hydrogens is 476 g/mol. The monoisotopic (exact) mass is 516 g/mol. The van der Waals surface area contributed by atoms with Crippen molar-refractivity contribution >= 4 is 12.0 Å². The molecule has 0 radical (unpaired) electrons. The number of hydrogen-bond acceptors (Lipinski definition) is 4. The second kappa shape index (κ2) is 13.8. The minimum Gasteiger partial charge on any atom is -0.444 e. The fourth-order valence-electron chi connectivity index (χ4n) is 4.40. The molecule has 0 aliphatic carbocycles. The molecule has 0 spiro atoms. The molecule has 3 aromatic rings. The first-order chi connectivity index (χ1) is 18.1. The Morgan fingerprint density at radius 3 is 1.82 bits per heavy atom. The van der Waals surface area contributed by atoms with Crippen LogP contribution >= 0.6 is 0 Å². The second-order valence-electron chi connectivity index (χ2n) is 10.8. The minimum atomic E-state index is -0.978. The summed E-state index contributed by atoms with van der Waals surface area (Å²) >= 11 is 0. The zero-order valence-electron chi connectivity index (χ0n) is 22.8. The number of hydrogen-bond donors (Lipinski definition) is 3. The molecule has 0 saturated heterocycles. The van der Waals surface area contributed by atoms with Gasteiger partial charge in [0.2, 0.25) is 5.91 Å². The zero-order valence-corrected chi connectivity index (χ0v) is 22.8. The lowest BCUT2D eigenvalue weighted by Gasteiger charge is -2.29. The van der Waals surface area contributed by atoms with Gasteiger partial charge in [-0.05, 0) is 63.6 Å². The Bertz CT molecular complexity index is 1130. The minimum absolute atomic E-state index is 0.139. The van der Waals surface area contributed by atoms with Gasteiger partial charge in [0, 0.05) is 5.92 Å².